The molecule has 1 aromatic carbocycles. The Hall–Kier alpha value is -2.30. The lowest BCUT2D eigenvalue weighted by Crippen LogP contribution is -2.27. The third-order valence-electron chi connectivity index (χ3n) is 2.70. The number of nitrogens with zero attached hydrogens (tertiary/aromatic N) is 2. The van der Waals surface area contributed by atoms with Crippen LogP contribution in [0.2, 0.25) is 0 Å². The van der Waals surface area contributed by atoms with Gasteiger partial charge >= 0.3 is 0 Å². The molecule has 86 valence electrons. The molecule has 1 aliphatic rings. The molecule has 0 bridgehead atoms. The van der Waals surface area contributed by atoms with E-state index in [1.54, 1.807) is 6.07 Å². The zero-order valence-corrected chi connectivity index (χ0v) is 9.18. The number of benzene rings is 1. The van der Waals surface area contributed by atoms with Crippen LogP contribution in [0, 0.1) is 5.21 Å². The first kappa shape index (κ1) is 9.89. The van der Waals surface area contributed by atoms with E-state index in [2.05, 4.69) is 15.6 Å². The minimum Gasteiger partial charge on any atom is -0.618 e. The fourth-order valence-electron chi connectivity index (χ4n) is 1.88. The fraction of sp³-hybridized carbons (Fsp3) is 0.167. The molecule has 5 heteroatoms. The van der Waals surface area contributed by atoms with E-state index in [1.165, 1.54) is 6.20 Å². The van der Waals surface area contributed by atoms with Gasteiger partial charge in [0, 0.05) is 29.8 Å². The minimum absolute atomic E-state index is 0.649. The van der Waals surface area contributed by atoms with E-state index in [-0.39, 0.29) is 0 Å². The Bertz CT molecular complexity index is 594. The van der Waals surface area contributed by atoms with E-state index in [9.17, 15) is 5.21 Å². The van der Waals surface area contributed by atoms with Crippen LogP contribution < -0.4 is 15.4 Å². The molecule has 0 fully saturated rings. The molecule has 0 unspecified atom stereocenters. The van der Waals surface area contributed by atoms with Crippen molar-refractivity contribution in [3.05, 3.63) is 41.7 Å². The maximum atomic E-state index is 11.6. The fourth-order valence-corrected chi connectivity index (χ4v) is 1.88. The van der Waals surface area contributed by atoms with Gasteiger partial charge in [-0.1, -0.05) is 0 Å². The van der Waals surface area contributed by atoms with Crippen molar-refractivity contribution < 1.29 is 4.73 Å². The molecule has 0 atom stereocenters. The Kier molecular flexibility index (Phi) is 2.29. The molecule has 0 saturated carbocycles. The molecule has 0 aliphatic carbocycles. The largest absolute Gasteiger partial charge is 0.618 e. The molecule has 2 N–H and O–H groups in total. The SMILES string of the molecule is [O-][n+]1cccc2ccc(NC3=NCCN3)cc21. The number of aromatic nitrogens is 1. The summed E-state index contributed by atoms with van der Waals surface area (Å²) in [6, 6.07) is 9.33. The molecule has 0 spiro atoms. The maximum absolute atomic E-state index is 11.6. The first-order chi connectivity index (χ1) is 8.33. The summed E-state index contributed by atoms with van der Waals surface area (Å²) in [5, 5.41) is 18.8. The number of rotatable bonds is 1. The second-order valence-corrected chi connectivity index (χ2v) is 3.89. The van der Waals surface area contributed by atoms with E-state index in [4.69, 9.17) is 0 Å². The molecule has 0 amide bonds. The van der Waals surface area contributed by atoms with Gasteiger partial charge in [-0.25, -0.2) is 0 Å². The van der Waals surface area contributed by atoms with Gasteiger partial charge in [0.1, 0.15) is 0 Å². The summed E-state index contributed by atoms with van der Waals surface area (Å²) in [6.07, 6.45) is 1.50. The standard InChI is InChI=1S/C12H12N4O/c17-16-7-1-2-9-3-4-10(8-11(9)16)15-12-13-5-6-14-12/h1-4,7-8H,5-6H2,(H2,13,14,15). The molecule has 2 aromatic rings. The average Bonchev–Trinajstić information content (AvgIpc) is 2.83. The highest BCUT2D eigenvalue weighted by Gasteiger charge is 2.07. The minimum atomic E-state index is 0.649. The third kappa shape index (κ3) is 1.87. The first-order valence-electron chi connectivity index (χ1n) is 5.50. The Morgan fingerprint density at radius 1 is 1.35 bits per heavy atom. The van der Waals surface area contributed by atoms with Gasteiger partial charge in [0.25, 0.3) is 0 Å². The summed E-state index contributed by atoms with van der Waals surface area (Å²) in [6.45, 7) is 1.65. The quantitative estimate of drug-likeness (QED) is 0.561. The van der Waals surface area contributed by atoms with Gasteiger partial charge in [-0.3, -0.25) is 4.99 Å². The van der Waals surface area contributed by atoms with E-state index in [0.29, 0.717) is 5.52 Å². The highest BCUT2D eigenvalue weighted by atomic mass is 16.5. The number of aliphatic imine (C=N–C) groups is 1. The van der Waals surface area contributed by atoms with E-state index < -0.39 is 0 Å². The summed E-state index contributed by atoms with van der Waals surface area (Å²) in [4.78, 5) is 4.24. The van der Waals surface area contributed by atoms with Gasteiger partial charge in [-0.15, -0.1) is 0 Å². The average molecular weight is 228 g/mol. The van der Waals surface area contributed by atoms with Crippen molar-refractivity contribution in [2.24, 2.45) is 4.99 Å². The van der Waals surface area contributed by atoms with Gasteiger partial charge in [0.2, 0.25) is 5.52 Å². The number of nitrogens with one attached hydrogen (secondary N) is 2. The summed E-state index contributed by atoms with van der Waals surface area (Å²) in [5.74, 6) is 0.762. The summed E-state index contributed by atoms with van der Waals surface area (Å²) >= 11 is 0. The van der Waals surface area contributed by atoms with Gasteiger partial charge in [-0.2, -0.15) is 4.73 Å². The lowest BCUT2D eigenvalue weighted by Gasteiger charge is -2.07. The molecular weight excluding hydrogens is 216 g/mol. The monoisotopic (exact) mass is 228 g/mol. The molecule has 5 nitrogen and oxygen atoms in total. The third-order valence-corrected chi connectivity index (χ3v) is 2.70. The zero-order chi connectivity index (χ0) is 11.7. The van der Waals surface area contributed by atoms with Gasteiger partial charge in [0.05, 0.1) is 6.54 Å². The lowest BCUT2D eigenvalue weighted by molar-refractivity contribution is -0.576. The number of pyridine rings is 1. The Labute approximate surface area is 98.4 Å². The van der Waals surface area contributed by atoms with E-state index in [0.717, 1.165) is 34.9 Å². The Morgan fingerprint density at radius 3 is 3.12 bits per heavy atom. The predicted molar refractivity (Wildman–Crippen MR) is 66.8 cm³/mol. The van der Waals surface area contributed by atoms with Crippen molar-refractivity contribution in [3.63, 3.8) is 0 Å². The number of hydrogen-bond acceptors (Lipinski definition) is 4. The second kappa shape index (κ2) is 3.93. The second-order valence-electron chi connectivity index (χ2n) is 3.89. The topological polar surface area (TPSA) is 63.4 Å². The van der Waals surface area contributed by atoms with Crippen LogP contribution in [0.3, 0.4) is 0 Å². The van der Waals surface area contributed by atoms with Crippen LogP contribution in [0.4, 0.5) is 5.69 Å². The number of hydrogen-bond donors (Lipinski definition) is 2. The number of guanidine groups is 1. The normalized spacial score (nSPS) is 14.5. The van der Waals surface area contributed by atoms with Crippen molar-refractivity contribution in [3.8, 4) is 0 Å². The molecular formula is C12H12N4O. The summed E-state index contributed by atoms with van der Waals surface area (Å²) < 4.78 is 0.865. The highest BCUT2D eigenvalue weighted by Crippen LogP contribution is 2.15. The molecule has 1 aromatic heterocycles. The number of anilines is 1. The predicted octanol–water partition coefficient (Wildman–Crippen LogP) is 0.844. The lowest BCUT2D eigenvalue weighted by atomic mass is 10.2. The van der Waals surface area contributed by atoms with Crippen LogP contribution in [0.25, 0.3) is 10.9 Å². The zero-order valence-electron chi connectivity index (χ0n) is 9.18. The molecule has 0 radical (unpaired) electrons. The van der Waals surface area contributed by atoms with Crippen LogP contribution >= 0.6 is 0 Å². The van der Waals surface area contributed by atoms with Crippen molar-refractivity contribution in [2.45, 2.75) is 0 Å². The Morgan fingerprint density at radius 2 is 2.29 bits per heavy atom. The van der Waals surface area contributed by atoms with Gasteiger partial charge < -0.3 is 15.8 Å². The van der Waals surface area contributed by atoms with Gasteiger partial charge in [-0.05, 0) is 18.2 Å². The molecule has 3 rings (SSSR count). The van der Waals surface area contributed by atoms with Gasteiger partial charge in [0.15, 0.2) is 12.2 Å². The molecule has 17 heavy (non-hydrogen) atoms. The summed E-state index contributed by atoms with van der Waals surface area (Å²) in [7, 11) is 0. The molecule has 2 heterocycles. The Balaban J connectivity index is 1.98. The van der Waals surface area contributed by atoms with Crippen LogP contribution in [0.15, 0.2) is 41.5 Å². The smallest absolute Gasteiger partial charge is 0.225 e. The first-order valence-corrected chi connectivity index (χ1v) is 5.50. The van der Waals surface area contributed by atoms with Crippen molar-refractivity contribution in [1.82, 2.24) is 5.32 Å². The molecule has 1 aliphatic heterocycles. The molecule has 0 saturated heterocycles. The van der Waals surface area contributed by atoms with Crippen molar-refractivity contribution in [1.29, 1.82) is 0 Å². The van der Waals surface area contributed by atoms with E-state index in [1.807, 2.05) is 24.3 Å². The summed E-state index contributed by atoms with van der Waals surface area (Å²) in [5.41, 5.74) is 1.51. The maximum Gasteiger partial charge on any atom is 0.225 e. The van der Waals surface area contributed by atoms with E-state index >= 15 is 0 Å². The highest BCUT2D eigenvalue weighted by molar-refractivity contribution is 5.96. The van der Waals surface area contributed by atoms with Crippen molar-refractivity contribution in [2.75, 3.05) is 18.4 Å². The van der Waals surface area contributed by atoms with Crippen LogP contribution in [-0.4, -0.2) is 19.0 Å². The van der Waals surface area contributed by atoms with Crippen LogP contribution in [-0.2, 0) is 0 Å². The van der Waals surface area contributed by atoms with Crippen LogP contribution in [0.1, 0.15) is 0 Å². The number of fused-ring (bicyclic) bond motifs is 1. The van der Waals surface area contributed by atoms with Crippen LogP contribution in [0.5, 0.6) is 0 Å². The van der Waals surface area contributed by atoms with Crippen molar-refractivity contribution >= 4 is 22.5 Å².